The van der Waals surface area contributed by atoms with Crippen LogP contribution in [-0.4, -0.2) is 75.1 Å². The molecule has 0 saturated carbocycles. The lowest BCUT2D eigenvalue weighted by atomic mass is 9.73. The maximum Gasteiger partial charge on any atom is 0.231 e. The van der Waals surface area contributed by atoms with Gasteiger partial charge in [0.15, 0.2) is 5.82 Å². The molecule has 0 N–H and O–H groups in total. The van der Waals surface area contributed by atoms with E-state index in [0.717, 1.165) is 87.3 Å². The largest absolute Gasteiger partial charge is 0.380 e. The van der Waals surface area contributed by atoms with Gasteiger partial charge >= 0.3 is 0 Å². The molecule has 1 aromatic carbocycles. The Balaban J connectivity index is 1.16. The van der Waals surface area contributed by atoms with Crippen LogP contribution in [0.4, 0.5) is 11.9 Å². The molecule has 2 aromatic heterocycles. The Bertz CT molecular complexity index is 1180. The number of benzene rings is 1. The van der Waals surface area contributed by atoms with E-state index in [0.29, 0.717) is 6.04 Å². The summed E-state index contributed by atoms with van der Waals surface area (Å²) in [6.07, 6.45) is 4.65. The van der Waals surface area contributed by atoms with Crippen LogP contribution in [0.5, 0.6) is 0 Å². The molecule has 3 fully saturated rings. The summed E-state index contributed by atoms with van der Waals surface area (Å²) in [5.41, 5.74) is 2.62. The van der Waals surface area contributed by atoms with Crippen molar-refractivity contribution in [3.05, 3.63) is 53.1 Å². The number of anilines is 2. The minimum absolute atomic E-state index is 0.284. The van der Waals surface area contributed by atoms with E-state index in [1.54, 1.807) is 12.4 Å². The molecule has 0 amide bonds. The zero-order chi connectivity index (χ0) is 22.0. The van der Waals surface area contributed by atoms with E-state index in [2.05, 4.69) is 51.6 Å². The van der Waals surface area contributed by atoms with Crippen LogP contribution in [0.1, 0.15) is 17.8 Å². The molecule has 1 atom stereocenters. The van der Waals surface area contributed by atoms with Crippen molar-refractivity contribution in [3.63, 3.8) is 0 Å². The minimum atomic E-state index is 0.284. The Hall–Kier alpha value is -2.75. The monoisotopic (exact) mass is 464 g/mol. The van der Waals surface area contributed by atoms with Gasteiger partial charge in [-0.15, -0.1) is 10.2 Å². The highest BCUT2D eigenvalue weighted by Gasteiger charge is 2.53. The van der Waals surface area contributed by atoms with E-state index in [9.17, 15) is 0 Å². The maximum atomic E-state index is 6.40. The fourth-order valence-electron chi connectivity index (χ4n) is 5.75. The number of halogens is 1. The van der Waals surface area contributed by atoms with E-state index >= 15 is 0 Å². The van der Waals surface area contributed by atoms with E-state index < -0.39 is 0 Å². The lowest BCUT2D eigenvalue weighted by molar-refractivity contribution is 0.133. The lowest BCUT2D eigenvalue weighted by Crippen LogP contribution is -2.73. The molecule has 4 aliphatic heterocycles. The number of fused-ring (bicyclic) bond motifs is 3. The quantitative estimate of drug-likeness (QED) is 0.583. The average molecular weight is 465 g/mol. The molecule has 4 aliphatic rings. The van der Waals surface area contributed by atoms with E-state index in [1.807, 2.05) is 12.1 Å². The van der Waals surface area contributed by atoms with Crippen LogP contribution >= 0.6 is 11.6 Å². The van der Waals surface area contributed by atoms with Gasteiger partial charge in [0.05, 0.1) is 18.8 Å². The van der Waals surface area contributed by atoms with Gasteiger partial charge in [0.1, 0.15) is 0 Å². The van der Waals surface area contributed by atoms with Gasteiger partial charge in [-0.25, -0.2) is 9.97 Å². The van der Waals surface area contributed by atoms with Crippen LogP contribution in [0.3, 0.4) is 0 Å². The zero-order valence-corrected chi connectivity index (χ0v) is 19.0. The normalized spacial score (nSPS) is 23.6. The molecular weight excluding hydrogens is 440 g/mol. The fourth-order valence-corrected chi connectivity index (χ4v) is 5.94. The SMILES string of the molecule is Clc1ccc2c(c1)CN([C@H]1CCOC1)Cc1nnc(N3CC4(CN(c5ncccn5)C4)C3)n1-2. The van der Waals surface area contributed by atoms with E-state index in [1.165, 1.54) is 5.56 Å². The van der Waals surface area contributed by atoms with Gasteiger partial charge in [-0.2, -0.15) is 0 Å². The second-order valence-corrected chi connectivity index (χ2v) is 10.1. The Morgan fingerprint density at radius 1 is 1.00 bits per heavy atom. The molecule has 33 heavy (non-hydrogen) atoms. The van der Waals surface area contributed by atoms with Crippen molar-refractivity contribution in [1.29, 1.82) is 0 Å². The highest BCUT2D eigenvalue weighted by atomic mass is 35.5. The minimum Gasteiger partial charge on any atom is -0.380 e. The van der Waals surface area contributed by atoms with Gasteiger partial charge in [-0.05, 0) is 36.2 Å². The molecule has 0 radical (unpaired) electrons. The molecule has 7 rings (SSSR count). The molecule has 1 spiro atoms. The Kier molecular flexibility index (Phi) is 4.40. The predicted molar refractivity (Wildman–Crippen MR) is 124 cm³/mol. The molecule has 6 heterocycles. The van der Waals surface area contributed by atoms with Crippen molar-refractivity contribution in [2.24, 2.45) is 5.41 Å². The summed E-state index contributed by atoms with van der Waals surface area (Å²) in [4.78, 5) is 15.8. The highest BCUT2D eigenvalue weighted by molar-refractivity contribution is 6.30. The number of ether oxygens (including phenoxy) is 1. The third-order valence-electron chi connectivity index (χ3n) is 7.36. The number of hydrogen-bond donors (Lipinski definition) is 0. The van der Waals surface area contributed by atoms with Gasteiger partial charge in [-0.3, -0.25) is 9.47 Å². The first-order valence-corrected chi connectivity index (χ1v) is 11.9. The molecule has 0 unspecified atom stereocenters. The summed E-state index contributed by atoms with van der Waals surface area (Å²) in [6, 6.07) is 8.41. The summed E-state index contributed by atoms with van der Waals surface area (Å²) in [7, 11) is 0. The molecule has 3 saturated heterocycles. The van der Waals surface area contributed by atoms with E-state index in [-0.39, 0.29) is 5.41 Å². The van der Waals surface area contributed by atoms with Crippen LogP contribution in [0.15, 0.2) is 36.7 Å². The number of aromatic nitrogens is 5. The first-order chi connectivity index (χ1) is 16.2. The van der Waals surface area contributed by atoms with Gasteiger partial charge in [0.2, 0.25) is 11.9 Å². The number of hydrogen-bond acceptors (Lipinski definition) is 8. The second kappa shape index (κ2) is 7.38. The molecule has 170 valence electrons. The van der Waals surface area contributed by atoms with E-state index in [4.69, 9.17) is 16.3 Å². The average Bonchev–Trinajstić information content (AvgIpc) is 3.41. The van der Waals surface area contributed by atoms with Gasteiger partial charge < -0.3 is 14.5 Å². The molecule has 3 aromatic rings. The molecule has 0 bridgehead atoms. The standard InChI is InChI=1S/C23H25ClN8O/c24-17-2-3-19-16(8-17)9-29(18-4-7-33-11-18)10-20-27-28-22(32(19)20)31-14-23(15-31)12-30(13-23)21-25-5-1-6-26-21/h1-3,5-6,8,18H,4,7,9-15H2/t18-/m0/s1. The molecule has 9 nitrogen and oxygen atoms in total. The third kappa shape index (κ3) is 3.21. The third-order valence-corrected chi connectivity index (χ3v) is 7.59. The lowest BCUT2D eigenvalue weighted by Gasteiger charge is -2.60. The van der Waals surface area contributed by atoms with Crippen molar-refractivity contribution in [1.82, 2.24) is 29.6 Å². The highest BCUT2D eigenvalue weighted by Crippen LogP contribution is 2.43. The van der Waals surface area contributed by atoms with Crippen LogP contribution in [0.25, 0.3) is 5.69 Å². The summed E-state index contributed by atoms with van der Waals surface area (Å²) in [5, 5.41) is 10.1. The number of nitrogens with zero attached hydrogens (tertiary/aromatic N) is 8. The first-order valence-electron chi connectivity index (χ1n) is 11.5. The summed E-state index contributed by atoms with van der Waals surface area (Å²) in [6.45, 7) is 7.09. The maximum absolute atomic E-state index is 6.40. The van der Waals surface area contributed by atoms with Crippen molar-refractivity contribution in [2.45, 2.75) is 25.6 Å². The van der Waals surface area contributed by atoms with Gasteiger partial charge in [0, 0.05) is 68.2 Å². The summed E-state index contributed by atoms with van der Waals surface area (Å²) in [5.74, 6) is 2.73. The van der Waals surface area contributed by atoms with Crippen molar-refractivity contribution < 1.29 is 4.74 Å². The Labute approximate surface area is 196 Å². The van der Waals surface area contributed by atoms with Crippen LogP contribution < -0.4 is 9.80 Å². The molecule has 10 heteroatoms. The van der Waals surface area contributed by atoms with Gasteiger partial charge in [-0.1, -0.05) is 11.6 Å². The van der Waals surface area contributed by atoms with Crippen LogP contribution in [0, 0.1) is 5.41 Å². The topological polar surface area (TPSA) is 75.4 Å². The van der Waals surface area contributed by atoms with Gasteiger partial charge in [0.25, 0.3) is 0 Å². The Morgan fingerprint density at radius 2 is 1.82 bits per heavy atom. The Morgan fingerprint density at radius 3 is 2.61 bits per heavy atom. The van der Waals surface area contributed by atoms with Crippen molar-refractivity contribution in [2.75, 3.05) is 49.2 Å². The number of rotatable bonds is 3. The first kappa shape index (κ1) is 19.7. The van der Waals surface area contributed by atoms with Crippen molar-refractivity contribution >= 4 is 23.5 Å². The van der Waals surface area contributed by atoms with Crippen molar-refractivity contribution in [3.8, 4) is 5.69 Å². The zero-order valence-electron chi connectivity index (χ0n) is 18.3. The predicted octanol–water partition coefficient (Wildman–Crippen LogP) is 2.14. The molecule has 0 aliphatic carbocycles. The second-order valence-electron chi connectivity index (χ2n) is 9.71. The van der Waals surface area contributed by atoms with Crippen LogP contribution in [-0.2, 0) is 17.8 Å². The summed E-state index contributed by atoms with van der Waals surface area (Å²) < 4.78 is 7.91. The molecular formula is C23H25ClN8O. The summed E-state index contributed by atoms with van der Waals surface area (Å²) >= 11 is 6.40. The fraction of sp³-hybridized carbons (Fsp3) is 0.478. The van der Waals surface area contributed by atoms with Crippen LogP contribution in [0.2, 0.25) is 5.02 Å². The smallest absolute Gasteiger partial charge is 0.231 e.